The van der Waals surface area contributed by atoms with Gasteiger partial charge in [0.05, 0.1) is 13.2 Å². The lowest BCUT2D eigenvalue weighted by atomic mass is 10.1. The number of hydrogen-bond acceptors (Lipinski definition) is 3. The summed E-state index contributed by atoms with van der Waals surface area (Å²) >= 11 is 0. The molecule has 0 aliphatic heterocycles. The van der Waals surface area contributed by atoms with Crippen LogP contribution < -0.4 is 10.6 Å². The van der Waals surface area contributed by atoms with Gasteiger partial charge >= 0.3 is 0 Å². The summed E-state index contributed by atoms with van der Waals surface area (Å²) in [4.78, 5) is 11.2. The van der Waals surface area contributed by atoms with Crippen LogP contribution in [0.1, 0.15) is 27.2 Å². The molecule has 0 saturated heterocycles. The molecule has 0 heterocycles. The van der Waals surface area contributed by atoms with Crippen LogP contribution in [-0.4, -0.2) is 38.8 Å². The Balaban J connectivity index is 3.19. The van der Waals surface area contributed by atoms with Gasteiger partial charge in [0, 0.05) is 19.7 Å². The van der Waals surface area contributed by atoms with Gasteiger partial charge in [0.15, 0.2) is 0 Å². The van der Waals surface area contributed by atoms with E-state index in [1.165, 1.54) is 0 Å². The van der Waals surface area contributed by atoms with Gasteiger partial charge in [-0.25, -0.2) is 0 Å². The normalized spacial score (nSPS) is 10.7. The van der Waals surface area contributed by atoms with Gasteiger partial charge < -0.3 is 15.4 Å². The Morgan fingerprint density at radius 2 is 2.07 bits per heavy atom. The van der Waals surface area contributed by atoms with Crippen molar-refractivity contribution in [3.05, 3.63) is 0 Å². The highest BCUT2D eigenvalue weighted by atomic mass is 16.5. The highest BCUT2D eigenvalue weighted by molar-refractivity contribution is 5.77. The third kappa shape index (κ3) is 11.3. The minimum absolute atomic E-state index is 0.0622. The van der Waals surface area contributed by atoms with Gasteiger partial charge in [-0.2, -0.15) is 0 Å². The predicted octanol–water partition coefficient (Wildman–Crippen LogP) is 0.775. The van der Waals surface area contributed by atoms with Crippen molar-refractivity contribution in [3.8, 4) is 0 Å². The highest BCUT2D eigenvalue weighted by Crippen LogP contribution is 1.95. The SMILES string of the molecule is CCOCCNCC(=O)NCCC(C)C. The Bertz CT molecular complexity index is 161. The van der Waals surface area contributed by atoms with E-state index < -0.39 is 0 Å². The first-order valence-electron chi connectivity index (χ1n) is 5.72. The maximum atomic E-state index is 11.2. The van der Waals surface area contributed by atoms with E-state index in [0.29, 0.717) is 19.1 Å². The zero-order chi connectivity index (χ0) is 11.5. The average molecular weight is 216 g/mol. The molecule has 90 valence electrons. The van der Waals surface area contributed by atoms with Gasteiger partial charge in [0.2, 0.25) is 5.91 Å². The molecule has 0 aliphatic rings. The molecule has 0 atom stereocenters. The smallest absolute Gasteiger partial charge is 0.233 e. The number of carbonyl (C=O) groups excluding carboxylic acids is 1. The monoisotopic (exact) mass is 216 g/mol. The van der Waals surface area contributed by atoms with Crippen LogP contribution in [0.3, 0.4) is 0 Å². The first kappa shape index (κ1) is 14.4. The summed E-state index contributed by atoms with van der Waals surface area (Å²) in [5.41, 5.74) is 0. The second-order valence-electron chi connectivity index (χ2n) is 3.91. The maximum absolute atomic E-state index is 11.2. The van der Waals surface area contributed by atoms with Crippen molar-refractivity contribution in [2.24, 2.45) is 5.92 Å². The zero-order valence-electron chi connectivity index (χ0n) is 10.1. The van der Waals surface area contributed by atoms with Crippen LogP contribution in [0.25, 0.3) is 0 Å². The van der Waals surface area contributed by atoms with E-state index in [0.717, 1.165) is 26.1 Å². The van der Waals surface area contributed by atoms with Crippen molar-refractivity contribution in [2.75, 3.05) is 32.8 Å². The standard InChI is InChI=1S/C11H24N2O2/c1-4-15-8-7-12-9-11(14)13-6-5-10(2)3/h10,12H,4-9H2,1-3H3,(H,13,14). The molecule has 0 aromatic rings. The fourth-order valence-corrected chi connectivity index (χ4v) is 1.05. The van der Waals surface area contributed by atoms with Gasteiger partial charge in [0.1, 0.15) is 0 Å². The topological polar surface area (TPSA) is 50.4 Å². The van der Waals surface area contributed by atoms with Crippen LogP contribution in [0.2, 0.25) is 0 Å². The quantitative estimate of drug-likeness (QED) is 0.560. The third-order valence-electron chi connectivity index (χ3n) is 1.96. The van der Waals surface area contributed by atoms with Gasteiger partial charge in [-0.1, -0.05) is 13.8 Å². The van der Waals surface area contributed by atoms with Gasteiger partial charge in [-0.3, -0.25) is 4.79 Å². The first-order chi connectivity index (χ1) is 7.16. The van der Waals surface area contributed by atoms with Crippen LogP contribution in [-0.2, 0) is 9.53 Å². The molecule has 0 aliphatic carbocycles. The summed E-state index contributed by atoms with van der Waals surface area (Å²) in [5, 5.41) is 5.88. The molecule has 0 spiro atoms. The van der Waals surface area contributed by atoms with Gasteiger partial charge in [-0.15, -0.1) is 0 Å². The minimum atomic E-state index is 0.0622. The summed E-state index contributed by atoms with van der Waals surface area (Å²) in [7, 11) is 0. The van der Waals surface area contributed by atoms with Crippen LogP contribution >= 0.6 is 0 Å². The number of hydrogen-bond donors (Lipinski definition) is 2. The number of ether oxygens (including phenoxy) is 1. The molecular weight excluding hydrogens is 192 g/mol. The molecule has 0 rings (SSSR count). The van der Waals surface area contributed by atoms with E-state index in [1.54, 1.807) is 0 Å². The van der Waals surface area contributed by atoms with E-state index in [1.807, 2.05) is 6.92 Å². The van der Waals surface area contributed by atoms with Crippen molar-refractivity contribution in [2.45, 2.75) is 27.2 Å². The summed E-state index contributed by atoms with van der Waals surface area (Å²) in [6.45, 7) is 9.51. The third-order valence-corrected chi connectivity index (χ3v) is 1.96. The number of rotatable bonds is 9. The Hall–Kier alpha value is -0.610. The summed E-state index contributed by atoms with van der Waals surface area (Å²) in [6.07, 6.45) is 1.03. The second-order valence-corrected chi connectivity index (χ2v) is 3.91. The molecule has 0 radical (unpaired) electrons. The molecular formula is C11H24N2O2. The van der Waals surface area contributed by atoms with E-state index in [4.69, 9.17) is 4.74 Å². The number of carbonyl (C=O) groups is 1. The lowest BCUT2D eigenvalue weighted by molar-refractivity contribution is -0.120. The summed E-state index contributed by atoms with van der Waals surface area (Å²) in [5.74, 6) is 0.698. The molecule has 0 aromatic heterocycles. The van der Waals surface area contributed by atoms with Crippen LogP contribution in [0.15, 0.2) is 0 Å². The van der Waals surface area contributed by atoms with Crippen molar-refractivity contribution >= 4 is 5.91 Å². The molecule has 0 saturated carbocycles. The van der Waals surface area contributed by atoms with Crippen LogP contribution in [0.4, 0.5) is 0 Å². The lowest BCUT2D eigenvalue weighted by Gasteiger charge is -2.08. The van der Waals surface area contributed by atoms with Crippen LogP contribution in [0.5, 0.6) is 0 Å². The van der Waals surface area contributed by atoms with Crippen molar-refractivity contribution in [3.63, 3.8) is 0 Å². The molecule has 4 heteroatoms. The molecule has 2 N–H and O–H groups in total. The molecule has 15 heavy (non-hydrogen) atoms. The predicted molar refractivity (Wildman–Crippen MR) is 61.8 cm³/mol. The van der Waals surface area contributed by atoms with E-state index in [9.17, 15) is 4.79 Å². The Morgan fingerprint density at radius 3 is 2.67 bits per heavy atom. The largest absolute Gasteiger partial charge is 0.380 e. The van der Waals surface area contributed by atoms with Crippen molar-refractivity contribution in [1.82, 2.24) is 10.6 Å². The molecule has 0 aromatic carbocycles. The minimum Gasteiger partial charge on any atom is -0.380 e. The molecule has 1 amide bonds. The summed E-state index contributed by atoms with van der Waals surface area (Å²) < 4.78 is 5.13. The number of nitrogens with one attached hydrogen (secondary N) is 2. The van der Waals surface area contributed by atoms with E-state index in [2.05, 4.69) is 24.5 Å². The van der Waals surface area contributed by atoms with Crippen molar-refractivity contribution < 1.29 is 9.53 Å². The van der Waals surface area contributed by atoms with E-state index >= 15 is 0 Å². The lowest BCUT2D eigenvalue weighted by Crippen LogP contribution is -2.36. The first-order valence-corrected chi connectivity index (χ1v) is 5.72. The second kappa shape index (κ2) is 9.93. The van der Waals surface area contributed by atoms with Gasteiger partial charge in [0.25, 0.3) is 0 Å². The maximum Gasteiger partial charge on any atom is 0.233 e. The molecule has 0 unspecified atom stereocenters. The molecule has 0 fully saturated rings. The van der Waals surface area contributed by atoms with Crippen molar-refractivity contribution in [1.29, 1.82) is 0 Å². The average Bonchev–Trinajstić information content (AvgIpc) is 2.17. The Kier molecular flexibility index (Phi) is 9.52. The fourth-order valence-electron chi connectivity index (χ4n) is 1.05. The van der Waals surface area contributed by atoms with Gasteiger partial charge in [-0.05, 0) is 19.3 Å². The highest BCUT2D eigenvalue weighted by Gasteiger charge is 2.00. The molecule has 0 bridgehead atoms. The molecule has 4 nitrogen and oxygen atoms in total. The van der Waals surface area contributed by atoms with Crippen LogP contribution in [0, 0.1) is 5.92 Å². The summed E-state index contributed by atoms with van der Waals surface area (Å²) in [6, 6.07) is 0. The number of amides is 1. The van der Waals surface area contributed by atoms with E-state index in [-0.39, 0.29) is 5.91 Å². The Morgan fingerprint density at radius 1 is 1.33 bits per heavy atom. The Labute approximate surface area is 92.8 Å². The zero-order valence-corrected chi connectivity index (χ0v) is 10.1. The fraction of sp³-hybridized carbons (Fsp3) is 0.909.